The number of hydrogen-bond donors (Lipinski definition) is 0. The molecule has 4 heterocycles. The Morgan fingerprint density at radius 2 is 1.88 bits per heavy atom. The first kappa shape index (κ1) is 22.9. The number of carbonyl (C=O) groups is 3. The number of rotatable bonds is 4. The second-order valence-corrected chi connectivity index (χ2v) is 12.1. The van der Waals surface area contributed by atoms with E-state index in [-0.39, 0.29) is 23.0 Å². The van der Waals surface area contributed by atoms with E-state index in [9.17, 15) is 14.4 Å². The summed E-state index contributed by atoms with van der Waals surface area (Å²) in [4.78, 5) is 43.3. The third kappa shape index (κ3) is 4.45. The molecular formula is C25H28N2O3S3. The third-order valence-electron chi connectivity index (χ3n) is 7.29. The summed E-state index contributed by atoms with van der Waals surface area (Å²) in [5.41, 5.74) is 2.98. The molecule has 0 unspecified atom stereocenters. The SMILES string of the molecule is CSc1sc(C(=O)N2CCC3(CCN(C(=O)/C=C/c4ccsc4)CC3)C2)c2c1C(=O)CCC2. The van der Waals surface area contributed by atoms with Crippen LogP contribution in [0.2, 0.25) is 0 Å². The van der Waals surface area contributed by atoms with Gasteiger partial charge in [0, 0.05) is 44.2 Å². The van der Waals surface area contributed by atoms with Gasteiger partial charge >= 0.3 is 0 Å². The molecule has 0 atom stereocenters. The van der Waals surface area contributed by atoms with E-state index in [0.29, 0.717) is 6.42 Å². The van der Waals surface area contributed by atoms with Crippen LogP contribution in [0.25, 0.3) is 6.08 Å². The quantitative estimate of drug-likeness (QED) is 0.427. The average Bonchev–Trinajstić information content (AvgIpc) is 3.57. The maximum atomic E-state index is 13.5. The van der Waals surface area contributed by atoms with Gasteiger partial charge in [0.2, 0.25) is 5.91 Å². The molecule has 2 fully saturated rings. The van der Waals surface area contributed by atoms with Gasteiger partial charge in [0.1, 0.15) is 0 Å². The van der Waals surface area contributed by atoms with Gasteiger partial charge in [-0.1, -0.05) is 0 Å². The Hall–Kier alpha value is -1.90. The van der Waals surface area contributed by atoms with Gasteiger partial charge < -0.3 is 9.80 Å². The van der Waals surface area contributed by atoms with E-state index in [4.69, 9.17) is 0 Å². The molecule has 5 rings (SSSR count). The highest BCUT2D eigenvalue weighted by atomic mass is 32.2. The van der Waals surface area contributed by atoms with Crippen LogP contribution in [0.15, 0.2) is 27.1 Å². The van der Waals surface area contributed by atoms with Crippen LogP contribution in [-0.2, 0) is 11.2 Å². The van der Waals surface area contributed by atoms with Gasteiger partial charge in [-0.2, -0.15) is 11.3 Å². The fraction of sp³-hybridized carbons (Fsp3) is 0.480. The second kappa shape index (κ2) is 9.39. The Labute approximate surface area is 206 Å². The van der Waals surface area contributed by atoms with Gasteiger partial charge in [0.05, 0.1) is 9.09 Å². The Morgan fingerprint density at radius 3 is 2.58 bits per heavy atom. The minimum Gasteiger partial charge on any atom is -0.339 e. The minimum atomic E-state index is 0.0708. The van der Waals surface area contributed by atoms with Gasteiger partial charge in [-0.25, -0.2) is 0 Å². The molecule has 8 heteroatoms. The Kier molecular flexibility index (Phi) is 6.51. The molecule has 2 amide bonds. The molecular weight excluding hydrogens is 472 g/mol. The Balaban J connectivity index is 1.23. The normalized spacial score (nSPS) is 20.1. The summed E-state index contributed by atoms with van der Waals surface area (Å²) in [5, 5.41) is 4.04. The molecule has 33 heavy (non-hydrogen) atoms. The zero-order chi connectivity index (χ0) is 23.0. The van der Waals surface area contributed by atoms with Crippen LogP contribution in [0.1, 0.15) is 63.3 Å². The molecule has 0 aromatic carbocycles. The standard InChI is InChI=1S/C25H28N2O3S3/c1-31-24-21-18(3-2-4-19(21)28)22(33-24)23(30)27-13-10-25(16-27)8-11-26(12-9-25)20(29)6-5-17-7-14-32-15-17/h5-7,14-15H,2-4,8-13,16H2,1H3/b6-5+. The summed E-state index contributed by atoms with van der Waals surface area (Å²) >= 11 is 4.71. The van der Waals surface area contributed by atoms with E-state index in [0.717, 1.165) is 84.1 Å². The Morgan fingerprint density at radius 1 is 1.12 bits per heavy atom. The number of Topliss-reactive ketones (excluding diaryl/α,β-unsaturated/α-hetero) is 1. The van der Waals surface area contributed by atoms with Crippen LogP contribution in [0.3, 0.4) is 0 Å². The summed E-state index contributed by atoms with van der Waals surface area (Å²) in [6.45, 7) is 3.01. The number of thiophene rings is 2. The fourth-order valence-electron chi connectivity index (χ4n) is 5.33. The van der Waals surface area contributed by atoms with Gasteiger partial charge in [0.15, 0.2) is 5.78 Å². The predicted molar refractivity (Wildman–Crippen MR) is 135 cm³/mol. The molecule has 0 radical (unpaired) electrons. The number of nitrogens with zero attached hydrogens (tertiary/aromatic N) is 2. The molecule has 1 spiro atoms. The molecule has 0 bridgehead atoms. The highest BCUT2D eigenvalue weighted by molar-refractivity contribution is 8.00. The summed E-state index contributed by atoms with van der Waals surface area (Å²) in [5.74, 6) is 0.362. The minimum absolute atomic E-state index is 0.0708. The van der Waals surface area contributed by atoms with Crippen molar-refractivity contribution < 1.29 is 14.4 Å². The average molecular weight is 501 g/mol. The number of piperidine rings is 1. The zero-order valence-electron chi connectivity index (χ0n) is 18.8. The van der Waals surface area contributed by atoms with Crippen molar-refractivity contribution in [2.45, 2.75) is 42.7 Å². The van der Waals surface area contributed by atoms with Crippen molar-refractivity contribution in [3.05, 3.63) is 44.5 Å². The van der Waals surface area contributed by atoms with E-state index >= 15 is 0 Å². The highest BCUT2D eigenvalue weighted by Gasteiger charge is 2.43. The van der Waals surface area contributed by atoms with Crippen molar-refractivity contribution in [1.82, 2.24) is 9.80 Å². The van der Waals surface area contributed by atoms with Crippen molar-refractivity contribution in [3.63, 3.8) is 0 Å². The van der Waals surface area contributed by atoms with Crippen LogP contribution in [0, 0.1) is 5.41 Å². The van der Waals surface area contributed by atoms with Gasteiger partial charge in [-0.05, 0) is 77.8 Å². The van der Waals surface area contributed by atoms with Crippen LogP contribution < -0.4 is 0 Å². The largest absolute Gasteiger partial charge is 0.339 e. The zero-order valence-corrected chi connectivity index (χ0v) is 21.3. The number of fused-ring (bicyclic) bond motifs is 1. The monoisotopic (exact) mass is 500 g/mol. The molecule has 2 aromatic heterocycles. The summed E-state index contributed by atoms with van der Waals surface area (Å²) in [6.07, 6.45) is 10.7. The third-order valence-corrected chi connectivity index (χ3v) is 10.3. The number of ketones is 1. The highest BCUT2D eigenvalue weighted by Crippen LogP contribution is 2.44. The molecule has 2 aromatic rings. The predicted octanol–water partition coefficient (Wildman–Crippen LogP) is 5.22. The van der Waals surface area contributed by atoms with Gasteiger partial charge in [-0.3, -0.25) is 14.4 Å². The van der Waals surface area contributed by atoms with Gasteiger partial charge in [0.25, 0.3) is 5.91 Å². The van der Waals surface area contributed by atoms with E-state index in [1.165, 1.54) is 11.3 Å². The maximum absolute atomic E-state index is 13.5. The van der Waals surface area contributed by atoms with Crippen LogP contribution in [0.5, 0.6) is 0 Å². The fourth-order valence-corrected chi connectivity index (χ4v) is 8.06. The molecule has 0 N–H and O–H groups in total. The Bertz CT molecular complexity index is 1090. The summed E-state index contributed by atoms with van der Waals surface area (Å²) in [7, 11) is 0. The first-order valence-corrected chi connectivity index (χ1v) is 14.5. The number of hydrogen-bond acceptors (Lipinski definition) is 6. The lowest BCUT2D eigenvalue weighted by Crippen LogP contribution is -2.44. The lowest BCUT2D eigenvalue weighted by Gasteiger charge is -2.39. The molecule has 174 valence electrons. The number of carbonyl (C=O) groups excluding carboxylic acids is 3. The van der Waals surface area contributed by atoms with Crippen LogP contribution in [-0.4, -0.2) is 59.8 Å². The molecule has 3 aliphatic rings. The smallest absolute Gasteiger partial charge is 0.264 e. The topological polar surface area (TPSA) is 57.7 Å². The van der Waals surface area contributed by atoms with Crippen molar-refractivity contribution in [2.24, 2.45) is 5.41 Å². The molecule has 1 aliphatic carbocycles. The van der Waals surface area contributed by atoms with Crippen molar-refractivity contribution in [2.75, 3.05) is 32.4 Å². The first-order chi connectivity index (χ1) is 16.0. The lowest BCUT2D eigenvalue weighted by molar-refractivity contribution is -0.128. The molecule has 2 saturated heterocycles. The van der Waals surface area contributed by atoms with E-state index < -0.39 is 0 Å². The molecule has 2 aliphatic heterocycles. The van der Waals surface area contributed by atoms with Crippen molar-refractivity contribution in [1.29, 1.82) is 0 Å². The maximum Gasteiger partial charge on any atom is 0.264 e. The summed E-state index contributed by atoms with van der Waals surface area (Å²) in [6, 6.07) is 2.01. The molecule has 0 saturated carbocycles. The van der Waals surface area contributed by atoms with Crippen molar-refractivity contribution in [3.8, 4) is 0 Å². The van der Waals surface area contributed by atoms with E-state index in [1.807, 2.05) is 39.0 Å². The number of likely N-dealkylation sites (tertiary alicyclic amines) is 2. The van der Waals surface area contributed by atoms with Crippen LogP contribution in [0.4, 0.5) is 0 Å². The molecule has 5 nitrogen and oxygen atoms in total. The number of thioether (sulfide) groups is 1. The van der Waals surface area contributed by atoms with Gasteiger partial charge in [-0.15, -0.1) is 23.1 Å². The first-order valence-electron chi connectivity index (χ1n) is 11.5. The summed E-state index contributed by atoms with van der Waals surface area (Å²) < 4.78 is 0.995. The van der Waals surface area contributed by atoms with Crippen molar-refractivity contribution >= 4 is 58.1 Å². The number of amides is 2. The van der Waals surface area contributed by atoms with Crippen LogP contribution >= 0.6 is 34.4 Å². The van der Waals surface area contributed by atoms with E-state index in [1.54, 1.807) is 29.2 Å². The lowest BCUT2D eigenvalue weighted by atomic mass is 9.78. The second-order valence-electron chi connectivity index (χ2n) is 9.25. The van der Waals surface area contributed by atoms with E-state index in [2.05, 4.69) is 0 Å².